The third-order valence-electron chi connectivity index (χ3n) is 3.69. The van der Waals surface area contributed by atoms with Gasteiger partial charge in [-0.1, -0.05) is 6.07 Å². The van der Waals surface area contributed by atoms with Gasteiger partial charge >= 0.3 is 0 Å². The number of carbonyl (C=O) groups excluding carboxylic acids is 1. The number of nitrogens with one attached hydrogen (secondary N) is 1. The zero-order chi connectivity index (χ0) is 13.4. The molecule has 2 aliphatic rings. The van der Waals surface area contributed by atoms with Crippen molar-refractivity contribution < 1.29 is 14.3 Å². The van der Waals surface area contributed by atoms with Crippen molar-refractivity contribution in [3.8, 4) is 5.75 Å². The fourth-order valence-corrected chi connectivity index (χ4v) is 2.62. The van der Waals surface area contributed by atoms with E-state index in [1.807, 2.05) is 18.2 Å². The predicted octanol–water partition coefficient (Wildman–Crippen LogP) is 1.58. The summed E-state index contributed by atoms with van der Waals surface area (Å²) < 4.78 is 11.1. The molecule has 2 aliphatic heterocycles. The molecule has 3 unspecified atom stereocenters. The average molecular weight is 262 g/mol. The molecule has 2 heterocycles. The average Bonchev–Trinajstić information content (AvgIpc) is 2.83. The van der Waals surface area contributed by atoms with E-state index >= 15 is 0 Å². The normalized spacial score (nSPS) is 27.4. The lowest BCUT2D eigenvalue weighted by Crippen LogP contribution is -2.28. The summed E-state index contributed by atoms with van der Waals surface area (Å²) in [5.74, 6) is 0.556. The number of nitrogens with two attached hydrogens (primary N) is 1. The minimum absolute atomic E-state index is 0.0493. The number of rotatable bonds is 2. The SMILES string of the molecule is CC1CCC(C(N)c2ccc3c(c2)NC(=O)CO3)O1. The van der Waals surface area contributed by atoms with E-state index in [4.69, 9.17) is 15.2 Å². The standard InChI is InChI=1S/C14H18N2O3/c1-8-2-4-12(19-8)14(15)9-3-5-11-10(6-9)16-13(17)7-18-11/h3,5-6,8,12,14H,2,4,7,15H2,1H3,(H,16,17). The van der Waals surface area contributed by atoms with Crippen molar-refractivity contribution in [2.75, 3.05) is 11.9 Å². The highest BCUT2D eigenvalue weighted by atomic mass is 16.5. The second kappa shape index (κ2) is 4.83. The van der Waals surface area contributed by atoms with Crippen LogP contribution in [0.25, 0.3) is 0 Å². The Labute approximate surface area is 112 Å². The number of amides is 1. The van der Waals surface area contributed by atoms with Crippen molar-refractivity contribution >= 4 is 11.6 Å². The van der Waals surface area contributed by atoms with Gasteiger partial charge in [0.15, 0.2) is 6.61 Å². The maximum Gasteiger partial charge on any atom is 0.262 e. The first-order valence-corrected chi connectivity index (χ1v) is 6.61. The Hall–Kier alpha value is -1.59. The Kier molecular flexibility index (Phi) is 3.16. The van der Waals surface area contributed by atoms with Crippen molar-refractivity contribution in [1.82, 2.24) is 0 Å². The van der Waals surface area contributed by atoms with Crippen molar-refractivity contribution in [3.63, 3.8) is 0 Å². The van der Waals surface area contributed by atoms with E-state index < -0.39 is 0 Å². The van der Waals surface area contributed by atoms with Gasteiger partial charge in [-0.25, -0.2) is 0 Å². The summed E-state index contributed by atoms with van der Waals surface area (Å²) in [5.41, 5.74) is 7.90. The fourth-order valence-electron chi connectivity index (χ4n) is 2.62. The topological polar surface area (TPSA) is 73.6 Å². The van der Waals surface area contributed by atoms with E-state index in [1.54, 1.807) is 0 Å². The Morgan fingerprint density at radius 1 is 1.42 bits per heavy atom. The van der Waals surface area contributed by atoms with Gasteiger partial charge in [0.1, 0.15) is 5.75 Å². The van der Waals surface area contributed by atoms with Gasteiger partial charge in [-0.2, -0.15) is 0 Å². The summed E-state index contributed by atoms with van der Waals surface area (Å²) in [6.07, 6.45) is 2.34. The lowest BCUT2D eigenvalue weighted by Gasteiger charge is -2.23. The van der Waals surface area contributed by atoms with E-state index in [9.17, 15) is 4.79 Å². The van der Waals surface area contributed by atoms with Crippen LogP contribution in [0.5, 0.6) is 5.75 Å². The molecule has 5 nitrogen and oxygen atoms in total. The first kappa shape index (κ1) is 12.4. The van der Waals surface area contributed by atoms with Crippen LogP contribution in [-0.4, -0.2) is 24.7 Å². The minimum Gasteiger partial charge on any atom is -0.482 e. The Morgan fingerprint density at radius 3 is 3.00 bits per heavy atom. The van der Waals surface area contributed by atoms with Gasteiger partial charge in [0.25, 0.3) is 5.91 Å². The number of benzene rings is 1. The number of ether oxygens (including phenoxy) is 2. The second-order valence-electron chi connectivity index (χ2n) is 5.18. The molecule has 0 aromatic heterocycles. The van der Waals surface area contributed by atoms with Crippen molar-refractivity contribution in [1.29, 1.82) is 0 Å². The molecule has 1 aromatic carbocycles. The smallest absolute Gasteiger partial charge is 0.262 e. The molecule has 102 valence electrons. The molecule has 3 atom stereocenters. The van der Waals surface area contributed by atoms with Gasteiger partial charge in [0.05, 0.1) is 23.9 Å². The lowest BCUT2D eigenvalue weighted by atomic mass is 9.99. The monoisotopic (exact) mass is 262 g/mol. The summed E-state index contributed by atoms with van der Waals surface area (Å²) in [5, 5.41) is 2.79. The van der Waals surface area contributed by atoms with Crippen LogP contribution >= 0.6 is 0 Å². The minimum atomic E-state index is -0.172. The van der Waals surface area contributed by atoms with Gasteiger partial charge in [-0.05, 0) is 37.5 Å². The molecule has 1 aromatic rings. The summed E-state index contributed by atoms with van der Waals surface area (Å²) >= 11 is 0. The molecule has 1 amide bonds. The highest BCUT2D eigenvalue weighted by Crippen LogP contribution is 2.34. The Bertz CT molecular complexity index is 503. The molecule has 1 fully saturated rings. The molecular formula is C14H18N2O3. The molecule has 3 N–H and O–H groups in total. The lowest BCUT2D eigenvalue weighted by molar-refractivity contribution is -0.118. The quantitative estimate of drug-likeness (QED) is 0.848. The summed E-state index contributed by atoms with van der Waals surface area (Å²) in [6, 6.07) is 5.49. The van der Waals surface area contributed by atoms with Crippen LogP contribution in [0, 0.1) is 0 Å². The number of fused-ring (bicyclic) bond motifs is 1. The molecule has 1 saturated heterocycles. The Balaban J connectivity index is 1.81. The van der Waals surface area contributed by atoms with Crippen molar-refractivity contribution in [2.24, 2.45) is 5.73 Å². The molecule has 0 radical (unpaired) electrons. The third kappa shape index (κ3) is 2.43. The van der Waals surface area contributed by atoms with Gasteiger partial charge < -0.3 is 20.5 Å². The largest absolute Gasteiger partial charge is 0.482 e. The number of hydrogen-bond donors (Lipinski definition) is 2. The third-order valence-corrected chi connectivity index (χ3v) is 3.69. The van der Waals surface area contributed by atoms with Gasteiger partial charge in [-0.3, -0.25) is 4.79 Å². The van der Waals surface area contributed by atoms with Gasteiger partial charge in [-0.15, -0.1) is 0 Å². The number of carbonyl (C=O) groups is 1. The van der Waals surface area contributed by atoms with E-state index in [2.05, 4.69) is 12.2 Å². The van der Waals surface area contributed by atoms with Gasteiger partial charge in [0, 0.05) is 0 Å². The van der Waals surface area contributed by atoms with Gasteiger partial charge in [0.2, 0.25) is 0 Å². The van der Waals surface area contributed by atoms with Crippen LogP contribution in [-0.2, 0) is 9.53 Å². The van der Waals surface area contributed by atoms with Crippen LogP contribution in [0.4, 0.5) is 5.69 Å². The van der Waals surface area contributed by atoms with E-state index in [0.29, 0.717) is 11.4 Å². The maximum atomic E-state index is 11.3. The summed E-state index contributed by atoms with van der Waals surface area (Å²) in [4.78, 5) is 11.3. The molecule has 0 bridgehead atoms. The van der Waals surface area contributed by atoms with Crippen LogP contribution in [0.15, 0.2) is 18.2 Å². The zero-order valence-corrected chi connectivity index (χ0v) is 10.9. The maximum absolute atomic E-state index is 11.3. The molecule has 0 aliphatic carbocycles. The van der Waals surface area contributed by atoms with Crippen LogP contribution in [0.2, 0.25) is 0 Å². The van der Waals surface area contributed by atoms with E-state index in [0.717, 1.165) is 18.4 Å². The molecular weight excluding hydrogens is 244 g/mol. The summed E-state index contributed by atoms with van der Waals surface area (Å²) in [6.45, 7) is 2.13. The molecule has 0 saturated carbocycles. The number of hydrogen-bond acceptors (Lipinski definition) is 4. The van der Waals surface area contributed by atoms with Crippen LogP contribution in [0.3, 0.4) is 0 Å². The summed E-state index contributed by atoms with van der Waals surface area (Å²) in [7, 11) is 0. The fraction of sp³-hybridized carbons (Fsp3) is 0.500. The molecule has 0 spiro atoms. The van der Waals surface area contributed by atoms with E-state index in [1.165, 1.54) is 0 Å². The predicted molar refractivity (Wildman–Crippen MR) is 71.1 cm³/mol. The molecule has 5 heteroatoms. The molecule has 3 rings (SSSR count). The first-order valence-electron chi connectivity index (χ1n) is 6.61. The zero-order valence-electron chi connectivity index (χ0n) is 10.9. The highest BCUT2D eigenvalue weighted by Gasteiger charge is 2.29. The molecule has 19 heavy (non-hydrogen) atoms. The second-order valence-corrected chi connectivity index (χ2v) is 5.18. The van der Waals surface area contributed by atoms with Crippen molar-refractivity contribution in [2.45, 2.75) is 38.0 Å². The number of anilines is 1. The Morgan fingerprint density at radius 2 is 2.26 bits per heavy atom. The van der Waals surface area contributed by atoms with Crippen LogP contribution < -0.4 is 15.8 Å². The first-order chi connectivity index (χ1) is 9.13. The van der Waals surface area contributed by atoms with E-state index in [-0.39, 0.29) is 30.8 Å². The van der Waals surface area contributed by atoms with Crippen LogP contribution in [0.1, 0.15) is 31.4 Å². The van der Waals surface area contributed by atoms with Crippen molar-refractivity contribution in [3.05, 3.63) is 23.8 Å². The highest BCUT2D eigenvalue weighted by molar-refractivity contribution is 5.95.